The fraction of sp³-hybridized carbons (Fsp3) is 0.0667. The maximum atomic E-state index is 3.86. The second-order valence-electron chi connectivity index (χ2n) is 15.3. The van der Waals surface area contributed by atoms with Gasteiger partial charge in [0.25, 0.3) is 0 Å². The van der Waals surface area contributed by atoms with Crippen molar-refractivity contribution in [3.63, 3.8) is 0 Å². The van der Waals surface area contributed by atoms with Gasteiger partial charge >= 0.3 is 0 Å². The van der Waals surface area contributed by atoms with Crippen LogP contribution < -0.4 is 4.90 Å². The van der Waals surface area contributed by atoms with Gasteiger partial charge in [0.15, 0.2) is 0 Å². The summed E-state index contributed by atoms with van der Waals surface area (Å²) in [6.45, 7) is 10.1. The maximum absolute atomic E-state index is 3.86. The van der Waals surface area contributed by atoms with Gasteiger partial charge in [-0.25, -0.2) is 0 Å². The van der Waals surface area contributed by atoms with Gasteiger partial charge in [0.2, 0.25) is 0 Å². The second kappa shape index (κ2) is 19.9. The van der Waals surface area contributed by atoms with Gasteiger partial charge in [-0.1, -0.05) is 177 Å². The molecule has 0 atom stereocenters. The highest BCUT2D eigenvalue weighted by Crippen LogP contribution is 2.42. The fourth-order valence-corrected chi connectivity index (χ4v) is 9.02. The van der Waals surface area contributed by atoms with Crippen molar-refractivity contribution in [3.05, 3.63) is 253 Å². The van der Waals surface area contributed by atoms with Crippen LogP contribution in [0.15, 0.2) is 242 Å². The average molecular weight is 818 g/mol. The Labute approximate surface area is 371 Å². The number of hydrogen-bond donors (Lipinski definition) is 0. The van der Waals surface area contributed by atoms with Crippen LogP contribution in [-0.2, 0) is 6.42 Å². The van der Waals surface area contributed by atoms with Gasteiger partial charge in [-0.3, -0.25) is 0 Å². The van der Waals surface area contributed by atoms with E-state index in [4.69, 9.17) is 0 Å². The summed E-state index contributed by atoms with van der Waals surface area (Å²) < 4.78 is 2.63. The molecule has 8 aromatic rings. The third-order valence-corrected chi connectivity index (χ3v) is 12.2. The van der Waals surface area contributed by atoms with E-state index >= 15 is 0 Å². The van der Waals surface area contributed by atoms with Crippen molar-refractivity contribution in [2.75, 3.05) is 4.90 Å². The largest absolute Gasteiger partial charge is 0.310 e. The van der Waals surface area contributed by atoms with Gasteiger partial charge in [0.05, 0.1) is 0 Å². The van der Waals surface area contributed by atoms with E-state index in [9.17, 15) is 0 Å². The molecule has 0 N–H and O–H groups in total. The van der Waals surface area contributed by atoms with Crippen LogP contribution in [0.1, 0.15) is 31.9 Å². The van der Waals surface area contributed by atoms with E-state index < -0.39 is 0 Å². The molecule has 0 radical (unpaired) electrons. The normalized spacial score (nSPS) is 12.5. The van der Waals surface area contributed by atoms with E-state index in [1.807, 2.05) is 43.4 Å². The number of rotatable bonds is 14. The van der Waals surface area contributed by atoms with E-state index in [0.29, 0.717) is 0 Å². The summed E-state index contributed by atoms with van der Waals surface area (Å²) in [5.74, 6) is 0. The van der Waals surface area contributed by atoms with Crippen LogP contribution in [0.3, 0.4) is 0 Å². The molecule has 0 fully saturated rings. The van der Waals surface area contributed by atoms with Crippen molar-refractivity contribution < 1.29 is 0 Å². The van der Waals surface area contributed by atoms with Crippen molar-refractivity contribution in [2.45, 2.75) is 27.2 Å². The van der Waals surface area contributed by atoms with Crippen LogP contribution in [0.25, 0.3) is 59.6 Å². The van der Waals surface area contributed by atoms with Crippen LogP contribution in [-0.4, -0.2) is 0 Å². The van der Waals surface area contributed by atoms with E-state index in [2.05, 4.69) is 231 Å². The third-order valence-electron chi connectivity index (χ3n) is 11.1. The van der Waals surface area contributed by atoms with Gasteiger partial charge in [0, 0.05) is 37.2 Å². The number of anilines is 3. The van der Waals surface area contributed by atoms with Gasteiger partial charge in [-0.05, 0) is 144 Å². The van der Waals surface area contributed by atoms with Crippen LogP contribution in [0.5, 0.6) is 0 Å². The van der Waals surface area contributed by atoms with Crippen LogP contribution in [0, 0.1) is 0 Å². The molecule has 302 valence electrons. The summed E-state index contributed by atoms with van der Waals surface area (Å²) in [5, 5.41) is 2.62. The molecule has 0 bridgehead atoms. The lowest BCUT2D eigenvalue weighted by Gasteiger charge is -2.26. The lowest BCUT2D eigenvalue weighted by atomic mass is 9.90. The van der Waals surface area contributed by atoms with Crippen LogP contribution in [0.2, 0.25) is 0 Å². The SMILES string of the molecule is C=C\C=C/C(=C/C=C\C)C(/C)=C/c1ccc(N(c2ccc(-c3ccc(-c4ccccc4)c(-c4ccc5sc6ccccc6c5c4)c3)cc2)c2cccc(C/C=C\C=C/C)c2)cc1. The summed E-state index contributed by atoms with van der Waals surface area (Å²) >= 11 is 1.86. The van der Waals surface area contributed by atoms with Crippen molar-refractivity contribution in [1.82, 2.24) is 0 Å². The Morgan fingerprint density at radius 1 is 0.548 bits per heavy atom. The van der Waals surface area contributed by atoms with E-state index in [-0.39, 0.29) is 0 Å². The molecule has 62 heavy (non-hydrogen) atoms. The minimum Gasteiger partial charge on any atom is -0.310 e. The Bertz CT molecular complexity index is 3000. The Hall–Kier alpha value is -7.26. The number of nitrogens with zero attached hydrogens (tertiary/aromatic N) is 1. The molecule has 0 saturated carbocycles. The average Bonchev–Trinajstić information content (AvgIpc) is 3.70. The number of fused-ring (bicyclic) bond motifs is 3. The van der Waals surface area contributed by atoms with Crippen molar-refractivity contribution >= 4 is 54.6 Å². The van der Waals surface area contributed by atoms with Crippen molar-refractivity contribution in [1.29, 1.82) is 0 Å². The number of benzene rings is 7. The molecule has 8 rings (SSSR count). The van der Waals surface area contributed by atoms with Gasteiger partial charge in [-0.2, -0.15) is 0 Å². The smallest absolute Gasteiger partial charge is 0.0464 e. The first kappa shape index (κ1) is 41.5. The Balaban J connectivity index is 1.17. The lowest BCUT2D eigenvalue weighted by Crippen LogP contribution is -2.10. The Kier molecular flexibility index (Phi) is 13.3. The summed E-state index contributed by atoms with van der Waals surface area (Å²) in [4.78, 5) is 2.36. The second-order valence-corrected chi connectivity index (χ2v) is 16.4. The minimum atomic E-state index is 0.855. The molecule has 0 saturated heterocycles. The molecule has 0 aliphatic carbocycles. The van der Waals surface area contributed by atoms with Crippen LogP contribution in [0.4, 0.5) is 17.1 Å². The number of thiophene rings is 1. The molecule has 1 nitrogen and oxygen atoms in total. The lowest BCUT2D eigenvalue weighted by molar-refractivity contribution is 1.23. The zero-order chi connectivity index (χ0) is 42.7. The van der Waals surface area contributed by atoms with E-state index in [0.717, 1.165) is 34.6 Å². The highest BCUT2D eigenvalue weighted by atomic mass is 32.1. The van der Waals surface area contributed by atoms with Crippen LogP contribution >= 0.6 is 11.3 Å². The fourth-order valence-electron chi connectivity index (χ4n) is 7.94. The molecule has 2 heteroatoms. The summed E-state index contributed by atoms with van der Waals surface area (Å²) in [7, 11) is 0. The molecular formula is C60H51NS. The maximum Gasteiger partial charge on any atom is 0.0464 e. The van der Waals surface area contributed by atoms with E-state index in [1.54, 1.807) is 0 Å². The van der Waals surface area contributed by atoms with Gasteiger partial charge < -0.3 is 4.90 Å². The van der Waals surface area contributed by atoms with Crippen molar-refractivity contribution in [3.8, 4) is 33.4 Å². The molecule has 0 aliphatic rings. The minimum absolute atomic E-state index is 0.855. The van der Waals surface area contributed by atoms with Crippen molar-refractivity contribution in [2.24, 2.45) is 0 Å². The first-order valence-electron chi connectivity index (χ1n) is 21.3. The molecule has 0 spiro atoms. The number of allylic oxidation sites excluding steroid dienone is 12. The molecule has 7 aromatic carbocycles. The highest BCUT2D eigenvalue weighted by Gasteiger charge is 2.16. The third kappa shape index (κ3) is 9.53. The summed E-state index contributed by atoms with van der Waals surface area (Å²) in [6, 6.07) is 60.1. The molecule has 0 unspecified atom stereocenters. The topological polar surface area (TPSA) is 3.24 Å². The zero-order valence-electron chi connectivity index (χ0n) is 35.7. The standard InChI is InChI=1S/C60H51NS/c1-5-8-11-13-19-45-20-18-25-54(41-45)61(52-34-28-46(29-35-52)40-44(4)47(21-9-6-2)22-10-7-3)53-36-30-48(31-37-53)50-32-38-55(49-23-14-12-15-24-49)57(42-50)51-33-39-60-58(43-51)56-26-16-17-27-59(56)62-60/h5-18,20-43H,2,19H2,1,3-4H3/b8-5-,10-7-,13-11-,21-9-,44-40+,47-22-. The van der Waals surface area contributed by atoms with Gasteiger partial charge in [0.1, 0.15) is 0 Å². The number of hydrogen-bond acceptors (Lipinski definition) is 2. The predicted octanol–water partition coefficient (Wildman–Crippen LogP) is 17.8. The molecule has 1 aromatic heterocycles. The molecule has 0 amide bonds. The molecular weight excluding hydrogens is 767 g/mol. The summed E-state index contributed by atoms with van der Waals surface area (Å²) in [6.07, 6.45) is 23.7. The Morgan fingerprint density at radius 3 is 2.03 bits per heavy atom. The van der Waals surface area contributed by atoms with Gasteiger partial charge in [-0.15, -0.1) is 11.3 Å². The zero-order valence-corrected chi connectivity index (χ0v) is 36.5. The quantitative estimate of drug-likeness (QED) is 0.0988. The monoisotopic (exact) mass is 817 g/mol. The summed E-state index contributed by atoms with van der Waals surface area (Å²) in [5.41, 5.74) is 15.3. The Morgan fingerprint density at radius 2 is 1.26 bits per heavy atom. The highest BCUT2D eigenvalue weighted by molar-refractivity contribution is 7.25. The molecule has 0 aliphatic heterocycles. The predicted molar refractivity (Wildman–Crippen MR) is 274 cm³/mol. The first-order chi connectivity index (χ1) is 30.5. The van der Waals surface area contributed by atoms with E-state index in [1.165, 1.54) is 64.7 Å². The molecule has 1 heterocycles. The first-order valence-corrected chi connectivity index (χ1v) is 22.1.